The molecule has 0 spiro atoms. The fourth-order valence-electron chi connectivity index (χ4n) is 4.95. The first-order valence-electron chi connectivity index (χ1n) is 12.7. The third kappa shape index (κ3) is 6.19. The Balaban J connectivity index is 1.89. The monoisotopic (exact) mass is 574 g/mol. The molecule has 41 heavy (non-hydrogen) atoms. The summed E-state index contributed by atoms with van der Waals surface area (Å²) in [5.74, 6) is -3.01. The first-order valence-corrected chi connectivity index (χ1v) is 12.7. The minimum absolute atomic E-state index is 0.134. The third-order valence-electron chi connectivity index (χ3n) is 6.43. The predicted octanol–water partition coefficient (Wildman–Crippen LogP) is 2.54. The molecular weight excluding hydrogens is 544 g/mol. The molecule has 220 valence electrons. The van der Waals surface area contributed by atoms with Crippen LogP contribution in [0.2, 0.25) is 0 Å². The Labute approximate surface area is 234 Å². The van der Waals surface area contributed by atoms with E-state index in [0.29, 0.717) is 22.1 Å². The molecule has 0 bridgehead atoms. The van der Waals surface area contributed by atoms with E-state index in [1.807, 2.05) is 0 Å². The number of methoxy groups -OCH3 is 1. The van der Waals surface area contributed by atoms with Gasteiger partial charge in [-0.15, -0.1) is 0 Å². The number of fused-ring (bicyclic) bond motifs is 2. The molecule has 0 aromatic heterocycles. The highest BCUT2D eigenvalue weighted by Gasteiger charge is 2.54. The van der Waals surface area contributed by atoms with Crippen molar-refractivity contribution < 1.29 is 61.9 Å². The van der Waals surface area contributed by atoms with Crippen LogP contribution in [0.3, 0.4) is 0 Å². The number of esters is 5. The maximum absolute atomic E-state index is 12.7. The Morgan fingerprint density at radius 3 is 2.12 bits per heavy atom. The number of benzene rings is 2. The van der Waals surface area contributed by atoms with Crippen LogP contribution in [0.5, 0.6) is 11.5 Å². The highest BCUT2D eigenvalue weighted by atomic mass is 16.7. The van der Waals surface area contributed by atoms with E-state index in [1.54, 1.807) is 31.2 Å². The van der Waals surface area contributed by atoms with Crippen molar-refractivity contribution >= 4 is 40.6 Å². The number of cyclic esters (lactones) is 1. The smallest absolute Gasteiger partial charge is 0.339 e. The topological polar surface area (TPSA) is 159 Å². The molecule has 2 aliphatic rings. The molecule has 2 heterocycles. The van der Waals surface area contributed by atoms with Crippen molar-refractivity contribution in [3.8, 4) is 11.5 Å². The van der Waals surface area contributed by atoms with Crippen molar-refractivity contribution in [3.63, 3.8) is 0 Å². The Morgan fingerprint density at radius 2 is 1.51 bits per heavy atom. The fourth-order valence-corrected chi connectivity index (χ4v) is 4.95. The summed E-state index contributed by atoms with van der Waals surface area (Å²) in [6.07, 6.45) is -7.71. The number of carbonyl (C=O) groups excluding carboxylic acids is 5. The molecular formula is C28H30O13. The van der Waals surface area contributed by atoms with Gasteiger partial charge < -0.3 is 37.9 Å². The lowest BCUT2D eigenvalue weighted by atomic mass is 9.96. The van der Waals surface area contributed by atoms with E-state index in [2.05, 4.69) is 0 Å². The molecule has 13 heteroatoms. The summed E-state index contributed by atoms with van der Waals surface area (Å²) in [7, 11) is 1.46. The van der Waals surface area contributed by atoms with Crippen LogP contribution in [0.4, 0.5) is 0 Å². The van der Waals surface area contributed by atoms with Crippen LogP contribution < -0.4 is 9.47 Å². The highest BCUT2D eigenvalue weighted by molar-refractivity contribution is 6.04. The van der Waals surface area contributed by atoms with Gasteiger partial charge in [-0.1, -0.05) is 12.1 Å². The Kier molecular flexibility index (Phi) is 8.66. The number of ether oxygens (including phenoxy) is 8. The molecule has 2 aromatic carbocycles. The maximum Gasteiger partial charge on any atom is 0.339 e. The Bertz CT molecular complexity index is 1380. The first-order chi connectivity index (χ1) is 19.4. The summed E-state index contributed by atoms with van der Waals surface area (Å²) in [4.78, 5) is 60.7. The van der Waals surface area contributed by atoms with Crippen molar-refractivity contribution in [2.45, 2.75) is 71.4 Å². The van der Waals surface area contributed by atoms with Crippen molar-refractivity contribution in [2.24, 2.45) is 0 Å². The summed E-state index contributed by atoms with van der Waals surface area (Å²) < 4.78 is 45.1. The quantitative estimate of drug-likeness (QED) is 0.335. The number of carbonyl (C=O) groups is 5. The van der Waals surface area contributed by atoms with Gasteiger partial charge in [0.2, 0.25) is 12.4 Å². The molecule has 2 aromatic rings. The van der Waals surface area contributed by atoms with E-state index in [9.17, 15) is 24.0 Å². The molecule has 2 aliphatic heterocycles. The van der Waals surface area contributed by atoms with Crippen LogP contribution in [0.25, 0.3) is 10.8 Å². The van der Waals surface area contributed by atoms with Crippen LogP contribution in [0.1, 0.15) is 56.6 Å². The lowest BCUT2D eigenvalue weighted by Gasteiger charge is -2.44. The van der Waals surface area contributed by atoms with Crippen LogP contribution in [0, 0.1) is 0 Å². The summed E-state index contributed by atoms with van der Waals surface area (Å²) in [6, 6.07) is 6.82. The zero-order chi connectivity index (χ0) is 30.0. The minimum Gasteiger partial charge on any atom is -0.496 e. The van der Waals surface area contributed by atoms with Gasteiger partial charge >= 0.3 is 29.8 Å². The lowest BCUT2D eigenvalue weighted by Crippen LogP contribution is -2.63. The van der Waals surface area contributed by atoms with E-state index in [-0.39, 0.29) is 11.3 Å². The Morgan fingerprint density at radius 1 is 0.878 bits per heavy atom. The standard InChI is InChI=1S/C28H30O13/c1-12-21-18(27(33)36-12)10-17-8-7-9-19(34-6)22(17)24(21)41-28-26(39-16(5)32)25(38-15(4)31)23(37-14(3)30)20(40-28)11-35-13(2)29/h7-10,12,20,23,25-26,28H,11H2,1-6H3/t12?,20?,23-,25?,26?,28+/m1/s1. The molecule has 1 fully saturated rings. The van der Waals surface area contributed by atoms with Crippen molar-refractivity contribution in [3.05, 3.63) is 35.4 Å². The summed E-state index contributed by atoms with van der Waals surface area (Å²) in [5, 5.41) is 1.04. The molecule has 0 aliphatic carbocycles. The average molecular weight is 575 g/mol. The van der Waals surface area contributed by atoms with Crippen molar-refractivity contribution in [1.82, 2.24) is 0 Å². The predicted molar refractivity (Wildman–Crippen MR) is 137 cm³/mol. The average Bonchev–Trinajstić information content (AvgIpc) is 3.17. The summed E-state index contributed by atoms with van der Waals surface area (Å²) in [5.41, 5.74) is 0.638. The third-order valence-corrected chi connectivity index (χ3v) is 6.43. The molecule has 13 nitrogen and oxygen atoms in total. The molecule has 0 amide bonds. The second kappa shape index (κ2) is 12.0. The van der Waals surface area contributed by atoms with Gasteiger partial charge in [0.25, 0.3) is 0 Å². The molecule has 6 atom stereocenters. The zero-order valence-corrected chi connectivity index (χ0v) is 23.3. The molecule has 4 rings (SSSR count). The second-order valence-corrected chi connectivity index (χ2v) is 9.46. The second-order valence-electron chi connectivity index (χ2n) is 9.46. The van der Waals surface area contributed by atoms with Gasteiger partial charge in [0.15, 0.2) is 12.2 Å². The van der Waals surface area contributed by atoms with E-state index in [4.69, 9.17) is 37.9 Å². The van der Waals surface area contributed by atoms with Gasteiger partial charge in [0.05, 0.1) is 18.1 Å². The fraction of sp³-hybridized carbons (Fsp3) is 0.464. The molecule has 0 saturated carbocycles. The van der Waals surface area contributed by atoms with Crippen molar-refractivity contribution in [1.29, 1.82) is 0 Å². The van der Waals surface area contributed by atoms with E-state index in [0.717, 1.165) is 20.8 Å². The van der Waals surface area contributed by atoms with E-state index < -0.39 is 73.3 Å². The SMILES string of the molecule is COc1cccc2cc3c(c(O[C@@H]4OC(COC(C)=O)[C@@H](OC(C)=O)C(OC(C)=O)C4OC(C)=O)c12)C(C)OC3=O. The number of rotatable bonds is 8. The van der Waals surface area contributed by atoms with Crippen LogP contribution in [-0.4, -0.2) is 74.3 Å². The minimum atomic E-state index is -1.52. The zero-order valence-electron chi connectivity index (χ0n) is 23.3. The van der Waals surface area contributed by atoms with Gasteiger partial charge in [-0.2, -0.15) is 0 Å². The van der Waals surface area contributed by atoms with Crippen LogP contribution in [-0.2, 0) is 47.6 Å². The maximum atomic E-state index is 12.7. The van der Waals surface area contributed by atoms with Gasteiger partial charge in [-0.3, -0.25) is 19.2 Å². The highest BCUT2D eigenvalue weighted by Crippen LogP contribution is 2.46. The summed E-state index contributed by atoms with van der Waals surface area (Å²) in [6.45, 7) is 5.78. The number of hydrogen-bond acceptors (Lipinski definition) is 13. The molecule has 4 unspecified atom stereocenters. The van der Waals surface area contributed by atoms with E-state index >= 15 is 0 Å². The van der Waals surface area contributed by atoms with E-state index in [1.165, 1.54) is 14.0 Å². The largest absolute Gasteiger partial charge is 0.496 e. The molecule has 1 saturated heterocycles. The first kappa shape index (κ1) is 29.6. The Hall–Kier alpha value is -4.39. The molecule has 0 N–H and O–H groups in total. The van der Waals surface area contributed by atoms with Gasteiger partial charge in [0.1, 0.15) is 30.3 Å². The van der Waals surface area contributed by atoms with Crippen LogP contribution in [0.15, 0.2) is 24.3 Å². The lowest BCUT2D eigenvalue weighted by molar-refractivity contribution is -0.288. The van der Waals surface area contributed by atoms with Gasteiger partial charge in [0, 0.05) is 33.3 Å². The van der Waals surface area contributed by atoms with Crippen LogP contribution >= 0.6 is 0 Å². The van der Waals surface area contributed by atoms with Gasteiger partial charge in [-0.25, -0.2) is 4.79 Å². The summed E-state index contributed by atoms with van der Waals surface area (Å²) >= 11 is 0. The van der Waals surface area contributed by atoms with Gasteiger partial charge in [-0.05, 0) is 24.4 Å². The molecule has 0 radical (unpaired) electrons. The van der Waals surface area contributed by atoms with Crippen molar-refractivity contribution in [2.75, 3.05) is 13.7 Å². The number of hydrogen-bond donors (Lipinski definition) is 0. The normalized spacial score (nSPS) is 25.0.